The molecule has 19 heavy (non-hydrogen) atoms. The minimum atomic E-state index is -0.0183. The number of amides is 3. The van der Waals surface area contributed by atoms with Crippen molar-refractivity contribution in [2.45, 2.75) is 26.2 Å². The SMILES string of the molecule is CCNC(=O)N1CCN(C(=O)C2CC=CCC2)CC1. The highest BCUT2D eigenvalue weighted by Gasteiger charge is 2.28. The lowest BCUT2D eigenvalue weighted by molar-refractivity contribution is -0.137. The molecule has 0 aromatic rings. The Hall–Kier alpha value is -1.52. The molecule has 1 heterocycles. The van der Waals surface area contributed by atoms with Gasteiger partial charge in [-0.2, -0.15) is 0 Å². The molecule has 1 unspecified atom stereocenters. The number of hydrogen-bond donors (Lipinski definition) is 1. The van der Waals surface area contributed by atoms with Crippen molar-refractivity contribution in [1.82, 2.24) is 15.1 Å². The average Bonchev–Trinajstić information content (AvgIpc) is 2.48. The van der Waals surface area contributed by atoms with Gasteiger partial charge in [0, 0.05) is 38.6 Å². The van der Waals surface area contributed by atoms with Gasteiger partial charge in [-0.15, -0.1) is 0 Å². The fraction of sp³-hybridized carbons (Fsp3) is 0.714. The van der Waals surface area contributed by atoms with Crippen molar-refractivity contribution in [2.24, 2.45) is 5.92 Å². The van der Waals surface area contributed by atoms with Crippen LogP contribution in [-0.4, -0.2) is 54.5 Å². The van der Waals surface area contributed by atoms with Crippen LogP contribution in [0.25, 0.3) is 0 Å². The monoisotopic (exact) mass is 265 g/mol. The van der Waals surface area contributed by atoms with Crippen LogP contribution in [0.2, 0.25) is 0 Å². The molecule has 5 nitrogen and oxygen atoms in total. The average molecular weight is 265 g/mol. The molecule has 0 aromatic heterocycles. The molecule has 0 radical (unpaired) electrons. The molecule has 1 fully saturated rings. The molecule has 1 N–H and O–H groups in total. The second-order valence-electron chi connectivity index (χ2n) is 5.13. The van der Waals surface area contributed by atoms with Gasteiger partial charge in [0.25, 0.3) is 0 Å². The zero-order valence-corrected chi connectivity index (χ0v) is 11.6. The summed E-state index contributed by atoms with van der Waals surface area (Å²) in [6, 6.07) is -0.0183. The smallest absolute Gasteiger partial charge is 0.317 e. The summed E-state index contributed by atoms with van der Waals surface area (Å²) >= 11 is 0. The Morgan fingerprint density at radius 2 is 1.84 bits per heavy atom. The summed E-state index contributed by atoms with van der Waals surface area (Å²) in [4.78, 5) is 27.7. The summed E-state index contributed by atoms with van der Waals surface area (Å²) in [7, 11) is 0. The maximum absolute atomic E-state index is 12.3. The first-order valence-electron chi connectivity index (χ1n) is 7.19. The van der Waals surface area contributed by atoms with Crippen LogP contribution in [0.4, 0.5) is 4.79 Å². The number of piperazine rings is 1. The van der Waals surface area contributed by atoms with E-state index in [1.54, 1.807) is 4.90 Å². The van der Waals surface area contributed by atoms with Crippen LogP contribution in [0, 0.1) is 5.92 Å². The third kappa shape index (κ3) is 3.49. The third-order valence-electron chi connectivity index (χ3n) is 3.82. The summed E-state index contributed by atoms with van der Waals surface area (Å²) in [5.74, 6) is 0.418. The number of nitrogens with one attached hydrogen (secondary N) is 1. The molecule has 1 atom stereocenters. The van der Waals surface area contributed by atoms with E-state index in [1.807, 2.05) is 11.8 Å². The summed E-state index contributed by atoms with van der Waals surface area (Å²) in [6.45, 7) is 5.16. The zero-order chi connectivity index (χ0) is 13.7. The van der Waals surface area contributed by atoms with E-state index < -0.39 is 0 Å². The fourth-order valence-electron chi connectivity index (χ4n) is 2.67. The number of rotatable bonds is 2. The van der Waals surface area contributed by atoms with Crippen molar-refractivity contribution in [3.05, 3.63) is 12.2 Å². The van der Waals surface area contributed by atoms with Crippen molar-refractivity contribution in [3.8, 4) is 0 Å². The number of urea groups is 1. The Bertz CT molecular complexity index is 360. The number of allylic oxidation sites excluding steroid dienone is 2. The van der Waals surface area contributed by atoms with Crippen LogP contribution in [0.1, 0.15) is 26.2 Å². The van der Waals surface area contributed by atoms with Crippen molar-refractivity contribution in [1.29, 1.82) is 0 Å². The number of carbonyl (C=O) groups is 2. The van der Waals surface area contributed by atoms with E-state index in [0.29, 0.717) is 32.7 Å². The van der Waals surface area contributed by atoms with Crippen LogP contribution >= 0.6 is 0 Å². The third-order valence-corrected chi connectivity index (χ3v) is 3.82. The molecule has 0 aromatic carbocycles. The van der Waals surface area contributed by atoms with Gasteiger partial charge < -0.3 is 15.1 Å². The van der Waals surface area contributed by atoms with E-state index in [1.165, 1.54) is 0 Å². The van der Waals surface area contributed by atoms with Crippen molar-refractivity contribution >= 4 is 11.9 Å². The molecular formula is C14H23N3O2. The minimum absolute atomic E-state index is 0.0183. The topological polar surface area (TPSA) is 52.7 Å². The van der Waals surface area contributed by atoms with E-state index in [4.69, 9.17) is 0 Å². The summed E-state index contributed by atoms with van der Waals surface area (Å²) in [5, 5.41) is 2.80. The molecule has 1 aliphatic carbocycles. The first-order valence-corrected chi connectivity index (χ1v) is 7.19. The lowest BCUT2D eigenvalue weighted by Crippen LogP contribution is -2.54. The predicted octanol–water partition coefficient (Wildman–Crippen LogP) is 1.22. The predicted molar refractivity (Wildman–Crippen MR) is 73.7 cm³/mol. The first-order chi connectivity index (χ1) is 9.22. The van der Waals surface area contributed by atoms with Gasteiger partial charge in [0.05, 0.1) is 0 Å². The van der Waals surface area contributed by atoms with Gasteiger partial charge in [0.2, 0.25) is 5.91 Å². The van der Waals surface area contributed by atoms with Crippen molar-refractivity contribution in [2.75, 3.05) is 32.7 Å². The Kier molecular flexibility index (Phi) is 4.82. The minimum Gasteiger partial charge on any atom is -0.339 e. The van der Waals surface area contributed by atoms with Gasteiger partial charge >= 0.3 is 6.03 Å². The number of nitrogens with zero attached hydrogens (tertiary/aromatic N) is 2. The largest absolute Gasteiger partial charge is 0.339 e. The van der Waals surface area contributed by atoms with Crippen LogP contribution in [0.15, 0.2) is 12.2 Å². The molecule has 0 saturated carbocycles. The molecular weight excluding hydrogens is 242 g/mol. The molecule has 5 heteroatoms. The molecule has 3 amide bonds. The Balaban J connectivity index is 1.80. The lowest BCUT2D eigenvalue weighted by atomic mass is 9.93. The van der Waals surface area contributed by atoms with Crippen LogP contribution in [0.3, 0.4) is 0 Å². The zero-order valence-electron chi connectivity index (χ0n) is 11.6. The molecule has 1 aliphatic heterocycles. The van der Waals surface area contributed by atoms with Crippen molar-refractivity contribution in [3.63, 3.8) is 0 Å². The van der Waals surface area contributed by atoms with Gasteiger partial charge in [0.1, 0.15) is 0 Å². The van der Waals surface area contributed by atoms with Crippen LogP contribution in [0.5, 0.6) is 0 Å². The molecule has 106 valence electrons. The van der Waals surface area contributed by atoms with Crippen molar-refractivity contribution < 1.29 is 9.59 Å². The standard InChI is InChI=1S/C14H23N3O2/c1-2-15-14(19)17-10-8-16(9-11-17)13(18)12-6-4-3-5-7-12/h3-4,12H,2,5-11H2,1H3,(H,15,19). The van der Waals surface area contributed by atoms with E-state index >= 15 is 0 Å². The highest BCUT2D eigenvalue weighted by Crippen LogP contribution is 2.21. The van der Waals surface area contributed by atoms with Gasteiger partial charge in [-0.1, -0.05) is 12.2 Å². The van der Waals surface area contributed by atoms with E-state index in [2.05, 4.69) is 17.5 Å². The molecule has 0 bridgehead atoms. The Morgan fingerprint density at radius 3 is 2.42 bits per heavy atom. The summed E-state index contributed by atoms with van der Waals surface area (Å²) < 4.78 is 0. The highest BCUT2D eigenvalue weighted by molar-refractivity contribution is 5.80. The number of carbonyl (C=O) groups excluding carboxylic acids is 2. The maximum atomic E-state index is 12.3. The maximum Gasteiger partial charge on any atom is 0.317 e. The Labute approximate surface area is 114 Å². The Morgan fingerprint density at radius 1 is 1.16 bits per heavy atom. The fourth-order valence-corrected chi connectivity index (χ4v) is 2.67. The second kappa shape index (κ2) is 6.59. The first kappa shape index (κ1) is 13.9. The van der Waals surface area contributed by atoms with Crippen LogP contribution < -0.4 is 5.32 Å². The van der Waals surface area contributed by atoms with E-state index in [-0.39, 0.29) is 17.9 Å². The van der Waals surface area contributed by atoms with E-state index in [9.17, 15) is 9.59 Å². The van der Waals surface area contributed by atoms with Gasteiger partial charge in [0.15, 0.2) is 0 Å². The summed E-state index contributed by atoms with van der Waals surface area (Å²) in [6.07, 6.45) is 7.10. The molecule has 2 aliphatic rings. The second-order valence-corrected chi connectivity index (χ2v) is 5.13. The highest BCUT2D eigenvalue weighted by atomic mass is 16.2. The van der Waals surface area contributed by atoms with E-state index in [0.717, 1.165) is 19.3 Å². The van der Waals surface area contributed by atoms with Crippen LogP contribution in [-0.2, 0) is 4.79 Å². The normalized spacial score (nSPS) is 23.3. The number of hydrogen-bond acceptors (Lipinski definition) is 2. The molecule has 1 saturated heterocycles. The van der Waals surface area contributed by atoms with Gasteiger partial charge in [-0.05, 0) is 26.2 Å². The van der Waals surface area contributed by atoms with Gasteiger partial charge in [-0.3, -0.25) is 4.79 Å². The lowest BCUT2D eigenvalue weighted by Gasteiger charge is -2.36. The van der Waals surface area contributed by atoms with Gasteiger partial charge in [-0.25, -0.2) is 4.79 Å². The summed E-state index contributed by atoms with van der Waals surface area (Å²) in [5.41, 5.74) is 0. The molecule has 0 spiro atoms. The quantitative estimate of drug-likeness (QED) is 0.763. The molecule has 2 rings (SSSR count).